The van der Waals surface area contributed by atoms with Crippen LogP contribution in [0.25, 0.3) is 16.8 Å². The van der Waals surface area contributed by atoms with Crippen LogP contribution in [0.4, 0.5) is 4.79 Å². The maximum atomic E-state index is 12.1. The van der Waals surface area contributed by atoms with Crippen molar-refractivity contribution in [1.82, 2.24) is 15.6 Å². The Bertz CT molecular complexity index is 1180. The molecule has 2 aromatic carbocycles. The number of benzene rings is 2. The van der Waals surface area contributed by atoms with Gasteiger partial charge in [0.15, 0.2) is 0 Å². The number of carbonyl (C=O) groups excluding carboxylic acids is 1. The van der Waals surface area contributed by atoms with Crippen molar-refractivity contribution in [3.05, 3.63) is 74.7 Å². The highest BCUT2D eigenvalue weighted by Crippen LogP contribution is 2.39. The summed E-state index contributed by atoms with van der Waals surface area (Å²) in [5.41, 5.74) is 4.55. The third kappa shape index (κ3) is 3.68. The number of nitriles is 1. The number of aromatic hydroxyl groups is 1. The van der Waals surface area contributed by atoms with Gasteiger partial charge >= 0.3 is 6.03 Å². The van der Waals surface area contributed by atoms with Gasteiger partial charge in [-0.1, -0.05) is 29.8 Å². The zero-order valence-corrected chi connectivity index (χ0v) is 16.8. The molecule has 3 N–H and O–H groups in total. The minimum Gasteiger partial charge on any atom is -0.506 e. The molecule has 3 aromatic rings. The number of carbonyl (C=O) groups is 1. The number of nitrogens with one attached hydrogen (secondary N) is 2. The molecule has 2 heterocycles. The Morgan fingerprint density at radius 1 is 1.24 bits per heavy atom. The van der Waals surface area contributed by atoms with Crippen LogP contribution in [0.1, 0.15) is 29.1 Å². The van der Waals surface area contributed by atoms with Crippen LogP contribution in [0.3, 0.4) is 0 Å². The summed E-state index contributed by atoms with van der Waals surface area (Å²) in [6, 6.07) is 13.4. The van der Waals surface area contributed by atoms with E-state index in [9.17, 15) is 9.90 Å². The van der Waals surface area contributed by atoms with Crippen molar-refractivity contribution in [2.45, 2.75) is 13.0 Å². The quantitative estimate of drug-likeness (QED) is 0.563. The number of urea groups is 1. The van der Waals surface area contributed by atoms with Crippen molar-refractivity contribution in [3.63, 3.8) is 0 Å². The minimum absolute atomic E-state index is 0.0183. The fourth-order valence-electron chi connectivity index (χ4n) is 3.18. The van der Waals surface area contributed by atoms with E-state index in [0.29, 0.717) is 11.3 Å². The van der Waals surface area contributed by atoms with Gasteiger partial charge in [-0.2, -0.15) is 5.26 Å². The van der Waals surface area contributed by atoms with Crippen LogP contribution < -0.4 is 10.6 Å². The van der Waals surface area contributed by atoms with E-state index in [-0.39, 0.29) is 16.8 Å². The summed E-state index contributed by atoms with van der Waals surface area (Å²) in [6.45, 7) is 1.83. The topological polar surface area (TPSA) is 98.0 Å². The number of phenolic OH excluding ortho intramolecular Hbond substituents is 1. The summed E-state index contributed by atoms with van der Waals surface area (Å²) >= 11 is 7.54. The Kier molecular flexibility index (Phi) is 4.97. The van der Waals surface area contributed by atoms with Crippen LogP contribution in [-0.4, -0.2) is 16.1 Å². The second-order valence-electron chi connectivity index (χ2n) is 6.51. The molecular weight excluding hydrogens is 408 g/mol. The van der Waals surface area contributed by atoms with Crippen molar-refractivity contribution >= 4 is 34.5 Å². The van der Waals surface area contributed by atoms with Gasteiger partial charge in [0.2, 0.25) is 0 Å². The number of aromatic nitrogens is 1. The third-order valence-corrected chi connectivity index (χ3v) is 5.80. The smallest absolute Gasteiger partial charge is 0.319 e. The molecule has 0 fully saturated rings. The molecule has 29 heavy (non-hydrogen) atoms. The van der Waals surface area contributed by atoms with E-state index in [0.717, 1.165) is 27.4 Å². The molecule has 0 bridgehead atoms. The van der Waals surface area contributed by atoms with Gasteiger partial charge < -0.3 is 15.7 Å². The average Bonchev–Trinajstić information content (AvgIpc) is 3.19. The van der Waals surface area contributed by atoms with Crippen LogP contribution >= 0.6 is 22.9 Å². The number of rotatable bonds is 3. The van der Waals surface area contributed by atoms with E-state index in [1.165, 1.54) is 17.4 Å². The maximum absolute atomic E-state index is 12.1. The first-order valence-electron chi connectivity index (χ1n) is 8.69. The van der Waals surface area contributed by atoms with Crippen LogP contribution in [0.5, 0.6) is 5.75 Å². The number of amides is 2. The lowest BCUT2D eigenvalue weighted by Crippen LogP contribution is -2.42. The summed E-state index contributed by atoms with van der Waals surface area (Å²) in [4.78, 5) is 16.8. The lowest BCUT2D eigenvalue weighted by atomic mass is 9.96. The first-order chi connectivity index (χ1) is 14.0. The summed E-state index contributed by atoms with van der Waals surface area (Å²) in [5, 5.41) is 27.3. The molecule has 1 atom stereocenters. The molecule has 2 amide bonds. The number of halogens is 1. The first kappa shape index (κ1) is 19.0. The van der Waals surface area contributed by atoms with Crippen molar-refractivity contribution in [3.8, 4) is 23.1 Å². The summed E-state index contributed by atoms with van der Waals surface area (Å²) in [6.07, 6.45) is 0. The second kappa shape index (κ2) is 7.59. The van der Waals surface area contributed by atoms with E-state index in [1.54, 1.807) is 24.3 Å². The Hall–Kier alpha value is -3.34. The highest BCUT2D eigenvalue weighted by atomic mass is 35.5. The Morgan fingerprint density at radius 3 is 2.69 bits per heavy atom. The van der Waals surface area contributed by atoms with E-state index < -0.39 is 6.04 Å². The molecular formula is C21H15ClN4O2S. The SMILES string of the molecule is CC1=C(c2nc(-c3ccc(C#N)cc3)cs2)C(c2ccc(O)c(Cl)c2)NC(=O)N1. The van der Waals surface area contributed by atoms with Gasteiger partial charge in [0.1, 0.15) is 10.8 Å². The van der Waals surface area contributed by atoms with Gasteiger partial charge in [-0.05, 0) is 36.8 Å². The van der Waals surface area contributed by atoms with Crippen LogP contribution in [0, 0.1) is 11.3 Å². The van der Waals surface area contributed by atoms with Crippen molar-refractivity contribution in [2.75, 3.05) is 0 Å². The lowest BCUT2D eigenvalue weighted by molar-refractivity contribution is 0.240. The molecule has 1 aliphatic rings. The zero-order valence-electron chi connectivity index (χ0n) is 15.2. The number of phenols is 1. The van der Waals surface area contributed by atoms with E-state index in [4.69, 9.17) is 21.8 Å². The predicted molar refractivity (Wildman–Crippen MR) is 112 cm³/mol. The number of thiazole rings is 1. The monoisotopic (exact) mass is 422 g/mol. The van der Waals surface area contributed by atoms with Gasteiger partial charge in [0.05, 0.1) is 28.4 Å². The molecule has 1 aromatic heterocycles. The van der Waals surface area contributed by atoms with Crippen molar-refractivity contribution < 1.29 is 9.90 Å². The average molecular weight is 423 g/mol. The van der Waals surface area contributed by atoms with Gasteiger partial charge in [-0.25, -0.2) is 9.78 Å². The fraction of sp³-hybridized carbons (Fsp3) is 0.0952. The van der Waals surface area contributed by atoms with Gasteiger partial charge in [-0.15, -0.1) is 11.3 Å². The number of allylic oxidation sites excluding steroid dienone is 1. The normalized spacial score (nSPS) is 16.2. The van der Waals surface area contributed by atoms with E-state index >= 15 is 0 Å². The molecule has 1 unspecified atom stereocenters. The third-order valence-electron chi connectivity index (χ3n) is 4.62. The Morgan fingerprint density at radius 2 is 2.00 bits per heavy atom. The largest absolute Gasteiger partial charge is 0.506 e. The minimum atomic E-state index is -0.457. The first-order valence-corrected chi connectivity index (χ1v) is 9.95. The van der Waals surface area contributed by atoms with Crippen molar-refractivity contribution in [1.29, 1.82) is 5.26 Å². The number of hydrogen-bond donors (Lipinski definition) is 3. The van der Waals surface area contributed by atoms with Gasteiger partial charge in [-0.3, -0.25) is 0 Å². The predicted octanol–water partition coefficient (Wildman–Crippen LogP) is 4.83. The fourth-order valence-corrected chi connectivity index (χ4v) is 4.33. The highest BCUT2D eigenvalue weighted by Gasteiger charge is 2.30. The molecule has 1 aliphatic heterocycles. The molecule has 0 radical (unpaired) electrons. The molecule has 0 saturated heterocycles. The maximum Gasteiger partial charge on any atom is 0.319 e. The molecule has 0 spiro atoms. The van der Waals surface area contributed by atoms with Crippen LogP contribution in [0.15, 0.2) is 53.5 Å². The van der Waals surface area contributed by atoms with Gasteiger partial charge in [0.25, 0.3) is 0 Å². The Labute approximate surface area is 176 Å². The molecule has 144 valence electrons. The summed E-state index contributed by atoms with van der Waals surface area (Å²) < 4.78 is 0. The standard InChI is InChI=1S/C21H15ClN4O2S/c1-11-18(19(26-21(28)24-11)14-6-7-17(27)15(22)8-14)20-25-16(10-29-20)13-4-2-12(9-23)3-5-13/h2-8,10,19,27H,1H3,(H2,24,26,28). The summed E-state index contributed by atoms with van der Waals surface area (Å²) in [7, 11) is 0. The van der Waals surface area contributed by atoms with Crippen LogP contribution in [0.2, 0.25) is 5.02 Å². The molecule has 0 aliphatic carbocycles. The highest BCUT2D eigenvalue weighted by molar-refractivity contribution is 7.11. The van der Waals surface area contributed by atoms with E-state index in [1.807, 2.05) is 24.4 Å². The van der Waals surface area contributed by atoms with Crippen LogP contribution in [-0.2, 0) is 0 Å². The molecule has 4 rings (SSSR count). The molecule has 0 saturated carbocycles. The van der Waals surface area contributed by atoms with Gasteiger partial charge in [0, 0.05) is 22.2 Å². The molecule has 8 heteroatoms. The Balaban J connectivity index is 1.75. The second-order valence-corrected chi connectivity index (χ2v) is 7.77. The summed E-state index contributed by atoms with van der Waals surface area (Å²) in [5.74, 6) is -0.0183. The van der Waals surface area contributed by atoms with Crippen molar-refractivity contribution in [2.24, 2.45) is 0 Å². The van der Waals surface area contributed by atoms with E-state index in [2.05, 4.69) is 16.7 Å². The number of nitrogens with zero attached hydrogens (tertiary/aromatic N) is 2. The lowest BCUT2D eigenvalue weighted by Gasteiger charge is -2.28. The zero-order chi connectivity index (χ0) is 20.5. The molecule has 6 nitrogen and oxygen atoms in total. The number of hydrogen-bond acceptors (Lipinski definition) is 5.